The third-order valence-corrected chi connectivity index (χ3v) is 4.76. The van der Waals surface area contributed by atoms with E-state index < -0.39 is 0 Å². The fraction of sp³-hybridized carbons (Fsp3) is 0.438. The Labute approximate surface area is 119 Å². The van der Waals surface area contributed by atoms with Gasteiger partial charge < -0.3 is 5.32 Å². The van der Waals surface area contributed by atoms with Gasteiger partial charge in [0.1, 0.15) is 0 Å². The van der Waals surface area contributed by atoms with Crippen molar-refractivity contribution in [3.05, 3.63) is 45.9 Å². The molecule has 0 radical (unpaired) electrons. The lowest BCUT2D eigenvalue weighted by atomic mass is 9.98. The quantitative estimate of drug-likeness (QED) is 0.816. The molecule has 1 N–H and O–H groups in total. The predicted molar refractivity (Wildman–Crippen MR) is 84.0 cm³/mol. The van der Waals surface area contributed by atoms with E-state index >= 15 is 0 Å². The maximum Gasteiger partial charge on any atom is 0.0798 e. The number of hydrogen-bond donors (Lipinski definition) is 1. The zero-order valence-corrected chi connectivity index (χ0v) is 12.9. The van der Waals surface area contributed by atoms with Gasteiger partial charge in [0.25, 0.3) is 0 Å². The van der Waals surface area contributed by atoms with E-state index in [0.717, 1.165) is 5.69 Å². The van der Waals surface area contributed by atoms with Crippen LogP contribution in [0.5, 0.6) is 0 Å². The van der Waals surface area contributed by atoms with E-state index in [-0.39, 0.29) is 0 Å². The zero-order valence-electron chi connectivity index (χ0n) is 12.1. The molecule has 0 aliphatic rings. The minimum absolute atomic E-state index is 0.307. The molecule has 0 saturated heterocycles. The average molecular weight is 274 g/mol. The topological polar surface area (TPSA) is 24.9 Å². The van der Waals surface area contributed by atoms with Crippen LogP contribution in [-0.4, -0.2) is 4.98 Å². The number of anilines is 1. The zero-order chi connectivity index (χ0) is 13.8. The molecule has 0 aliphatic carbocycles. The summed E-state index contributed by atoms with van der Waals surface area (Å²) in [6.45, 7) is 8.75. The van der Waals surface area contributed by atoms with Gasteiger partial charge in [-0.25, -0.2) is 4.98 Å². The lowest BCUT2D eigenvalue weighted by Crippen LogP contribution is -2.06. The molecule has 1 aromatic heterocycles. The van der Waals surface area contributed by atoms with Crippen molar-refractivity contribution < 1.29 is 0 Å². The van der Waals surface area contributed by atoms with Crippen molar-refractivity contribution in [2.24, 2.45) is 0 Å². The van der Waals surface area contributed by atoms with Crippen LogP contribution in [0, 0.1) is 6.92 Å². The van der Waals surface area contributed by atoms with Crippen LogP contribution >= 0.6 is 11.3 Å². The summed E-state index contributed by atoms with van der Waals surface area (Å²) < 4.78 is 0. The molecule has 0 spiro atoms. The minimum Gasteiger partial charge on any atom is -0.378 e. The van der Waals surface area contributed by atoms with E-state index in [1.807, 2.05) is 5.51 Å². The summed E-state index contributed by atoms with van der Waals surface area (Å²) in [5, 5.41) is 3.54. The maximum atomic E-state index is 4.31. The highest BCUT2D eigenvalue weighted by molar-refractivity contribution is 7.09. The van der Waals surface area contributed by atoms with Gasteiger partial charge >= 0.3 is 0 Å². The standard InChI is InChI=1S/C16H22N2S/c1-5-11(2)14-6-8-15(9-7-14)18-13(4)16-12(3)17-10-19-16/h6-11,13,18H,5H2,1-4H3. The van der Waals surface area contributed by atoms with Gasteiger partial charge in [0.05, 0.1) is 17.2 Å². The van der Waals surface area contributed by atoms with Crippen LogP contribution in [0.15, 0.2) is 29.8 Å². The van der Waals surface area contributed by atoms with E-state index in [9.17, 15) is 0 Å². The van der Waals surface area contributed by atoms with Crippen LogP contribution in [0.2, 0.25) is 0 Å². The van der Waals surface area contributed by atoms with Crippen molar-refractivity contribution in [2.75, 3.05) is 5.32 Å². The molecule has 0 bridgehead atoms. The summed E-state index contributed by atoms with van der Waals surface area (Å²) in [4.78, 5) is 5.62. The third-order valence-electron chi connectivity index (χ3n) is 3.65. The Morgan fingerprint density at radius 3 is 2.42 bits per heavy atom. The van der Waals surface area contributed by atoms with Crippen LogP contribution in [0.3, 0.4) is 0 Å². The van der Waals surface area contributed by atoms with Gasteiger partial charge in [-0.15, -0.1) is 11.3 Å². The monoisotopic (exact) mass is 274 g/mol. The van der Waals surface area contributed by atoms with E-state index in [0.29, 0.717) is 12.0 Å². The lowest BCUT2D eigenvalue weighted by molar-refractivity contribution is 0.733. The molecule has 2 nitrogen and oxygen atoms in total. The average Bonchev–Trinajstić information content (AvgIpc) is 2.85. The first-order valence-corrected chi connectivity index (χ1v) is 7.76. The Morgan fingerprint density at radius 1 is 1.21 bits per heavy atom. The molecule has 2 unspecified atom stereocenters. The molecule has 0 saturated carbocycles. The maximum absolute atomic E-state index is 4.31. The Kier molecular flexibility index (Phi) is 4.59. The Hall–Kier alpha value is -1.35. The van der Waals surface area contributed by atoms with Crippen molar-refractivity contribution in [3.8, 4) is 0 Å². The van der Waals surface area contributed by atoms with Crippen molar-refractivity contribution in [2.45, 2.75) is 46.1 Å². The van der Waals surface area contributed by atoms with Crippen molar-refractivity contribution in [1.29, 1.82) is 0 Å². The fourth-order valence-electron chi connectivity index (χ4n) is 2.19. The highest BCUT2D eigenvalue weighted by atomic mass is 32.1. The van der Waals surface area contributed by atoms with Crippen LogP contribution in [0.1, 0.15) is 55.3 Å². The molecule has 2 rings (SSSR count). The van der Waals surface area contributed by atoms with Gasteiger partial charge in [-0.2, -0.15) is 0 Å². The van der Waals surface area contributed by atoms with Crippen molar-refractivity contribution in [3.63, 3.8) is 0 Å². The number of nitrogens with zero attached hydrogens (tertiary/aromatic N) is 1. The van der Waals surface area contributed by atoms with Gasteiger partial charge in [0.2, 0.25) is 0 Å². The number of benzene rings is 1. The van der Waals surface area contributed by atoms with Gasteiger partial charge in [-0.1, -0.05) is 26.0 Å². The largest absolute Gasteiger partial charge is 0.378 e. The number of rotatable bonds is 5. The molecular formula is C16H22N2S. The SMILES string of the molecule is CCC(C)c1ccc(NC(C)c2scnc2C)cc1. The van der Waals surface area contributed by atoms with Crippen LogP contribution < -0.4 is 5.32 Å². The third kappa shape index (κ3) is 3.35. The molecule has 0 amide bonds. The summed E-state index contributed by atoms with van der Waals surface area (Å²) in [5.74, 6) is 0.634. The Balaban J connectivity index is 2.06. The fourth-order valence-corrected chi connectivity index (χ4v) is 3.00. The van der Waals surface area contributed by atoms with Crippen molar-refractivity contribution >= 4 is 17.0 Å². The van der Waals surface area contributed by atoms with E-state index in [2.05, 4.69) is 62.3 Å². The molecule has 1 aromatic carbocycles. The van der Waals surface area contributed by atoms with Crippen molar-refractivity contribution in [1.82, 2.24) is 4.98 Å². The van der Waals surface area contributed by atoms with Crippen LogP contribution in [0.4, 0.5) is 5.69 Å². The van der Waals surface area contributed by atoms with Crippen LogP contribution in [0.25, 0.3) is 0 Å². The van der Waals surface area contributed by atoms with Gasteiger partial charge in [-0.3, -0.25) is 0 Å². The Morgan fingerprint density at radius 2 is 1.89 bits per heavy atom. The summed E-state index contributed by atoms with van der Waals surface area (Å²) in [7, 11) is 0. The molecule has 0 fully saturated rings. The first-order chi connectivity index (χ1) is 9.11. The molecule has 102 valence electrons. The van der Waals surface area contributed by atoms with E-state index in [4.69, 9.17) is 0 Å². The molecular weight excluding hydrogens is 252 g/mol. The lowest BCUT2D eigenvalue weighted by Gasteiger charge is -2.16. The highest BCUT2D eigenvalue weighted by Gasteiger charge is 2.11. The minimum atomic E-state index is 0.307. The predicted octanol–water partition coefficient (Wildman–Crippen LogP) is 5.14. The van der Waals surface area contributed by atoms with Gasteiger partial charge in [-0.05, 0) is 43.9 Å². The van der Waals surface area contributed by atoms with E-state index in [1.54, 1.807) is 11.3 Å². The first kappa shape index (κ1) is 14.1. The first-order valence-electron chi connectivity index (χ1n) is 6.88. The number of hydrogen-bond acceptors (Lipinski definition) is 3. The summed E-state index contributed by atoms with van der Waals surface area (Å²) >= 11 is 1.71. The van der Waals surface area contributed by atoms with Gasteiger partial charge in [0, 0.05) is 10.6 Å². The second kappa shape index (κ2) is 6.20. The number of aryl methyl sites for hydroxylation is 1. The molecule has 2 aromatic rings. The number of aromatic nitrogens is 1. The van der Waals surface area contributed by atoms with Gasteiger partial charge in [0.15, 0.2) is 0 Å². The molecule has 19 heavy (non-hydrogen) atoms. The number of thiazole rings is 1. The smallest absolute Gasteiger partial charge is 0.0798 e. The highest BCUT2D eigenvalue weighted by Crippen LogP contribution is 2.26. The second-order valence-electron chi connectivity index (χ2n) is 5.10. The summed E-state index contributed by atoms with van der Waals surface area (Å²) in [6.07, 6.45) is 1.18. The molecule has 2 atom stereocenters. The molecule has 0 aliphatic heterocycles. The van der Waals surface area contributed by atoms with E-state index in [1.165, 1.54) is 22.5 Å². The van der Waals surface area contributed by atoms with Crippen LogP contribution in [-0.2, 0) is 0 Å². The Bertz CT molecular complexity index is 516. The molecule has 3 heteroatoms. The normalized spacial score (nSPS) is 14.1. The number of nitrogens with one attached hydrogen (secondary N) is 1. The second-order valence-corrected chi connectivity index (χ2v) is 5.99. The summed E-state index contributed by atoms with van der Waals surface area (Å²) in [5.41, 5.74) is 5.62. The summed E-state index contributed by atoms with van der Waals surface area (Å²) in [6, 6.07) is 9.11. The molecule has 1 heterocycles.